The van der Waals surface area contributed by atoms with Crippen molar-refractivity contribution in [3.05, 3.63) is 41.7 Å². The summed E-state index contributed by atoms with van der Waals surface area (Å²) in [5.74, 6) is 0. The number of carbonyl (C=O) groups excluding carboxylic acids is 1. The highest BCUT2D eigenvalue weighted by molar-refractivity contribution is 5.46. The number of carbonyl (C=O) groups is 1. The standard InChI is InChI=1S/C16H20N4O3/c21-12-17-9-13-4-6-14(7-5-13)20-15(10-18-19-20)11-23-16-3-1-2-8-22-16/h4-7,10,12,16H,1-3,8-9,11H2,(H,17,21). The second-order valence-electron chi connectivity index (χ2n) is 5.41. The lowest BCUT2D eigenvalue weighted by molar-refractivity contribution is -0.169. The van der Waals surface area contributed by atoms with Crippen molar-refractivity contribution in [3.8, 4) is 5.69 Å². The molecule has 0 aliphatic carbocycles. The quantitative estimate of drug-likeness (QED) is 0.784. The van der Waals surface area contributed by atoms with Crippen LogP contribution in [-0.2, 0) is 27.4 Å². The Morgan fingerprint density at radius 3 is 2.96 bits per heavy atom. The van der Waals surface area contributed by atoms with E-state index in [2.05, 4.69) is 15.6 Å². The van der Waals surface area contributed by atoms with E-state index in [1.54, 1.807) is 10.9 Å². The summed E-state index contributed by atoms with van der Waals surface area (Å²) in [4.78, 5) is 10.3. The Labute approximate surface area is 134 Å². The first-order chi connectivity index (χ1) is 11.4. The molecule has 1 saturated heterocycles. The second-order valence-corrected chi connectivity index (χ2v) is 5.41. The smallest absolute Gasteiger partial charge is 0.207 e. The van der Waals surface area contributed by atoms with Gasteiger partial charge in [0.25, 0.3) is 0 Å². The van der Waals surface area contributed by atoms with Gasteiger partial charge in [-0.1, -0.05) is 17.3 Å². The van der Waals surface area contributed by atoms with Gasteiger partial charge in [0.15, 0.2) is 6.29 Å². The van der Waals surface area contributed by atoms with Crippen LogP contribution >= 0.6 is 0 Å². The second kappa shape index (κ2) is 7.85. The Kier molecular flexibility index (Phi) is 5.33. The highest BCUT2D eigenvalue weighted by atomic mass is 16.7. The molecule has 3 rings (SSSR count). The third-order valence-corrected chi connectivity index (χ3v) is 3.75. The third-order valence-electron chi connectivity index (χ3n) is 3.75. The number of benzene rings is 1. The summed E-state index contributed by atoms with van der Waals surface area (Å²) in [6.07, 6.45) is 5.42. The van der Waals surface area contributed by atoms with Crippen LogP contribution in [0.2, 0.25) is 0 Å². The third kappa shape index (κ3) is 4.14. The number of nitrogens with zero attached hydrogens (tertiary/aromatic N) is 3. The van der Waals surface area contributed by atoms with Gasteiger partial charge in [-0.2, -0.15) is 0 Å². The molecule has 1 aliphatic heterocycles. The van der Waals surface area contributed by atoms with Crippen LogP contribution in [0.4, 0.5) is 0 Å². The normalized spacial score (nSPS) is 17.8. The molecule has 2 aromatic rings. The predicted octanol–water partition coefficient (Wildman–Crippen LogP) is 1.56. The first kappa shape index (κ1) is 15.6. The molecule has 0 bridgehead atoms. The summed E-state index contributed by atoms with van der Waals surface area (Å²) in [6.45, 7) is 1.68. The molecule has 1 fully saturated rings. The van der Waals surface area contributed by atoms with Gasteiger partial charge in [0.2, 0.25) is 6.41 Å². The average Bonchev–Trinajstić information content (AvgIpc) is 3.08. The van der Waals surface area contributed by atoms with Crippen molar-refractivity contribution in [1.82, 2.24) is 20.3 Å². The van der Waals surface area contributed by atoms with E-state index in [0.29, 0.717) is 19.6 Å². The number of amides is 1. The maximum atomic E-state index is 10.3. The van der Waals surface area contributed by atoms with E-state index in [9.17, 15) is 4.79 Å². The minimum atomic E-state index is -0.135. The molecule has 2 heterocycles. The number of aromatic nitrogens is 3. The molecular formula is C16H20N4O3. The number of ether oxygens (including phenoxy) is 2. The monoisotopic (exact) mass is 316 g/mol. The van der Waals surface area contributed by atoms with Gasteiger partial charge in [0.05, 0.1) is 24.2 Å². The molecule has 1 N–H and O–H groups in total. The Hall–Kier alpha value is -2.25. The van der Waals surface area contributed by atoms with Crippen molar-refractivity contribution < 1.29 is 14.3 Å². The molecule has 0 saturated carbocycles. The fraction of sp³-hybridized carbons (Fsp3) is 0.438. The number of hydrogen-bond acceptors (Lipinski definition) is 5. The van der Waals surface area contributed by atoms with E-state index in [1.807, 2.05) is 24.3 Å². The maximum absolute atomic E-state index is 10.3. The minimum Gasteiger partial charge on any atom is -0.355 e. The van der Waals surface area contributed by atoms with Crippen molar-refractivity contribution in [1.29, 1.82) is 0 Å². The molecule has 1 aromatic carbocycles. The topological polar surface area (TPSA) is 78.3 Å². The molecule has 1 aromatic heterocycles. The Morgan fingerprint density at radius 2 is 2.22 bits per heavy atom. The summed E-state index contributed by atoms with van der Waals surface area (Å²) in [7, 11) is 0. The summed E-state index contributed by atoms with van der Waals surface area (Å²) in [5, 5.41) is 10.7. The van der Waals surface area contributed by atoms with Gasteiger partial charge in [-0.3, -0.25) is 4.79 Å². The lowest BCUT2D eigenvalue weighted by Gasteiger charge is -2.22. The van der Waals surface area contributed by atoms with Gasteiger partial charge in [0, 0.05) is 13.2 Å². The van der Waals surface area contributed by atoms with Crippen LogP contribution in [-0.4, -0.2) is 34.3 Å². The molecule has 1 amide bonds. The van der Waals surface area contributed by atoms with Crippen molar-refractivity contribution in [2.45, 2.75) is 38.7 Å². The molecule has 1 aliphatic rings. The molecule has 1 atom stereocenters. The largest absolute Gasteiger partial charge is 0.355 e. The van der Waals surface area contributed by atoms with Crippen LogP contribution in [0, 0.1) is 0 Å². The van der Waals surface area contributed by atoms with Gasteiger partial charge in [-0.15, -0.1) is 5.10 Å². The fourth-order valence-corrected chi connectivity index (χ4v) is 2.51. The average molecular weight is 316 g/mol. The van der Waals surface area contributed by atoms with Gasteiger partial charge in [-0.25, -0.2) is 4.68 Å². The van der Waals surface area contributed by atoms with Crippen molar-refractivity contribution >= 4 is 6.41 Å². The van der Waals surface area contributed by atoms with E-state index in [4.69, 9.17) is 9.47 Å². The van der Waals surface area contributed by atoms with E-state index in [0.717, 1.165) is 42.8 Å². The van der Waals surface area contributed by atoms with E-state index >= 15 is 0 Å². The lowest BCUT2D eigenvalue weighted by atomic mass is 10.2. The van der Waals surface area contributed by atoms with Crippen LogP contribution in [0.25, 0.3) is 5.69 Å². The van der Waals surface area contributed by atoms with Crippen LogP contribution in [0.1, 0.15) is 30.5 Å². The predicted molar refractivity (Wildman–Crippen MR) is 82.6 cm³/mol. The molecule has 7 nitrogen and oxygen atoms in total. The fourth-order valence-electron chi connectivity index (χ4n) is 2.51. The number of hydrogen-bond donors (Lipinski definition) is 1. The van der Waals surface area contributed by atoms with E-state index in [-0.39, 0.29) is 6.29 Å². The number of nitrogens with one attached hydrogen (secondary N) is 1. The van der Waals surface area contributed by atoms with Gasteiger partial charge in [-0.05, 0) is 37.0 Å². The van der Waals surface area contributed by atoms with Gasteiger partial charge >= 0.3 is 0 Å². The first-order valence-corrected chi connectivity index (χ1v) is 7.76. The van der Waals surface area contributed by atoms with Gasteiger partial charge < -0.3 is 14.8 Å². The SMILES string of the molecule is O=CNCc1ccc(-n2nncc2COC2CCCCO2)cc1. The van der Waals surface area contributed by atoms with Crippen LogP contribution in [0.5, 0.6) is 0 Å². The summed E-state index contributed by atoms with van der Waals surface area (Å²) in [5.41, 5.74) is 2.80. The summed E-state index contributed by atoms with van der Waals surface area (Å²) in [6, 6.07) is 7.78. The lowest BCUT2D eigenvalue weighted by Crippen LogP contribution is -2.22. The molecular weight excluding hydrogens is 296 g/mol. The van der Waals surface area contributed by atoms with E-state index < -0.39 is 0 Å². The molecule has 122 valence electrons. The zero-order valence-corrected chi connectivity index (χ0v) is 12.9. The maximum Gasteiger partial charge on any atom is 0.207 e. The Balaban J connectivity index is 1.63. The van der Waals surface area contributed by atoms with Crippen LogP contribution in [0.15, 0.2) is 30.5 Å². The molecule has 23 heavy (non-hydrogen) atoms. The highest BCUT2D eigenvalue weighted by Gasteiger charge is 2.15. The zero-order valence-electron chi connectivity index (χ0n) is 12.9. The zero-order chi connectivity index (χ0) is 15.9. The Morgan fingerprint density at radius 1 is 1.35 bits per heavy atom. The highest BCUT2D eigenvalue weighted by Crippen LogP contribution is 2.17. The van der Waals surface area contributed by atoms with Crippen molar-refractivity contribution in [2.75, 3.05) is 6.61 Å². The molecule has 0 spiro atoms. The first-order valence-electron chi connectivity index (χ1n) is 7.76. The molecule has 0 radical (unpaired) electrons. The van der Waals surface area contributed by atoms with Crippen LogP contribution < -0.4 is 5.32 Å². The van der Waals surface area contributed by atoms with Crippen LogP contribution in [0.3, 0.4) is 0 Å². The number of rotatable bonds is 7. The van der Waals surface area contributed by atoms with Crippen molar-refractivity contribution in [3.63, 3.8) is 0 Å². The van der Waals surface area contributed by atoms with E-state index in [1.165, 1.54) is 0 Å². The Bertz CT molecular complexity index is 621. The molecule has 1 unspecified atom stereocenters. The summed E-state index contributed by atoms with van der Waals surface area (Å²) >= 11 is 0. The minimum absolute atomic E-state index is 0.135. The molecule has 7 heteroatoms. The van der Waals surface area contributed by atoms with Crippen molar-refractivity contribution in [2.24, 2.45) is 0 Å². The van der Waals surface area contributed by atoms with Gasteiger partial charge in [0.1, 0.15) is 0 Å². The summed E-state index contributed by atoms with van der Waals surface area (Å²) < 4.78 is 13.1.